The summed E-state index contributed by atoms with van der Waals surface area (Å²) in [6, 6.07) is 0. The molecule has 0 bridgehead atoms. The molecule has 1 heterocycles. The number of carboxylic acid groups (broad SMARTS) is 1. The zero-order valence-electron chi connectivity index (χ0n) is 26.6. The maximum atomic E-state index is 11.5. The Balaban J connectivity index is 2.71. The number of ether oxygens (including phenoxy) is 1. The van der Waals surface area contributed by atoms with Crippen molar-refractivity contribution >= 4 is 5.97 Å². The standard InChI is InChI=1S/C33H60O7/c1-10-11-12-13-20(3)29(35)22(5)18-19(2)14-16-27(34)23(6)30(36)25(8)31(37)26(9)32-21(4)15-17-28(40-32)24(7)33(38)39/h13,18,21-32,34-37H,10-12,14-17H2,1-9H3,(H,38,39)/b19-18+,20-13+. The smallest absolute Gasteiger partial charge is 0.308 e. The molecule has 12 unspecified atom stereocenters. The molecule has 12 atom stereocenters. The molecule has 0 radical (unpaired) electrons. The highest BCUT2D eigenvalue weighted by Crippen LogP contribution is 2.36. The maximum absolute atomic E-state index is 11.5. The van der Waals surface area contributed by atoms with Crippen LogP contribution in [0.15, 0.2) is 23.3 Å². The van der Waals surface area contributed by atoms with E-state index in [0.29, 0.717) is 19.3 Å². The van der Waals surface area contributed by atoms with Crippen LogP contribution in [-0.2, 0) is 9.53 Å². The van der Waals surface area contributed by atoms with Crippen molar-refractivity contribution in [2.24, 2.45) is 35.5 Å². The topological polar surface area (TPSA) is 127 Å². The number of unbranched alkanes of at least 4 members (excludes halogenated alkanes) is 2. The van der Waals surface area contributed by atoms with E-state index in [-0.39, 0.29) is 23.9 Å². The monoisotopic (exact) mass is 568 g/mol. The average Bonchev–Trinajstić information content (AvgIpc) is 2.93. The summed E-state index contributed by atoms with van der Waals surface area (Å²) in [7, 11) is 0. The Kier molecular flexibility index (Phi) is 16.2. The second-order valence-corrected chi connectivity index (χ2v) is 12.9. The van der Waals surface area contributed by atoms with Crippen molar-refractivity contribution in [2.45, 2.75) is 144 Å². The lowest BCUT2D eigenvalue weighted by Crippen LogP contribution is -2.49. The minimum Gasteiger partial charge on any atom is -0.481 e. The quantitative estimate of drug-likeness (QED) is 0.112. The van der Waals surface area contributed by atoms with Crippen molar-refractivity contribution in [3.05, 3.63) is 23.3 Å². The largest absolute Gasteiger partial charge is 0.481 e. The molecule has 1 rings (SSSR count). The lowest BCUT2D eigenvalue weighted by molar-refractivity contribution is -0.169. The molecule has 0 aromatic heterocycles. The molecule has 234 valence electrons. The summed E-state index contributed by atoms with van der Waals surface area (Å²) in [6.45, 7) is 17.3. The Morgan fingerprint density at radius 2 is 1.60 bits per heavy atom. The van der Waals surface area contributed by atoms with Gasteiger partial charge in [-0.25, -0.2) is 0 Å². The summed E-state index contributed by atoms with van der Waals surface area (Å²) in [5.41, 5.74) is 2.08. The Labute approximate surface area is 243 Å². The molecule has 40 heavy (non-hydrogen) atoms. The number of hydrogen-bond donors (Lipinski definition) is 5. The minimum absolute atomic E-state index is 0.0304. The van der Waals surface area contributed by atoms with E-state index in [2.05, 4.69) is 26.0 Å². The van der Waals surface area contributed by atoms with Crippen molar-refractivity contribution in [1.29, 1.82) is 0 Å². The average molecular weight is 569 g/mol. The van der Waals surface area contributed by atoms with Gasteiger partial charge in [0.05, 0.1) is 42.5 Å². The van der Waals surface area contributed by atoms with Gasteiger partial charge >= 0.3 is 5.97 Å². The van der Waals surface area contributed by atoms with E-state index < -0.39 is 54.2 Å². The highest BCUT2D eigenvalue weighted by atomic mass is 16.5. The van der Waals surface area contributed by atoms with Crippen molar-refractivity contribution in [2.75, 3.05) is 0 Å². The third-order valence-electron chi connectivity index (χ3n) is 9.40. The van der Waals surface area contributed by atoms with Gasteiger partial charge in [-0.1, -0.05) is 72.1 Å². The third kappa shape index (κ3) is 10.9. The molecule has 0 amide bonds. The zero-order chi connectivity index (χ0) is 30.7. The predicted octanol–water partition coefficient (Wildman–Crippen LogP) is 5.74. The van der Waals surface area contributed by atoms with Gasteiger partial charge in [0.15, 0.2) is 0 Å². The zero-order valence-corrected chi connectivity index (χ0v) is 26.6. The fraction of sp³-hybridized carbons (Fsp3) is 0.848. The van der Waals surface area contributed by atoms with Gasteiger partial charge in [-0.15, -0.1) is 0 Å². The number of rotatable bonds is 17. The molecule has 0 saturated carbocycles. The summed E-state index contributed by atoms with van der Waals surface area (Å²) in [5.74, 6) is -2.61. The SMILES string of the molecule is CCCC/C=C(\C)C(O)C(C)/C=C(\C)CCC(O)C(C)C(O)C(C)C(O)C(C)C1OC(C(C)C(=O)O)CCC1C. The van der Waals surface area contributed by atoms with Crippen LogP contribution in [0, 0.1) is 35.5 Å². The van der Waals surface area contributed by atoms with Crippen molar-refractivity contribution in [1.82, 2.24) is 0 Å². The minimum atomic E-state index is -0.916. The van der Waals surface area contributed by atoms with Gasteiger partial charge in [0.1, 0.15) is 0 Å². The van der Waals surface area contributed by atoms with Crippen LogP contribution >= 0.6 is 0 Å². The molecule has 0 aromatic rings. The molecule has 0 aliphatic carbocycles. The van der Waals surface area contributed by atoms with Gasteiger partial charge in [-0.2, -0.15) is 0 Å². The number of aliphatic carboxylic acids is 1. The summed E-state index contributed by atoms with van der Waals surface area (Å²) < 4.78 is 6.20. The van der Waals surface area contributed by atoms with E-state index in [1.165, 1.54) is 0 Å². The molecular weight excluding hydrogens is 508 g/mol. The first-order chi connectivity index (χ1) is 18.6. The summed E-state index contributed by atoms with van der Waals surface area (Å²) in [6.07, 6.45) is 6.28. The number of carboxylic acids is 1. The Hall–Kier alpha value is -1.25. The van der Waals surface area contributed by atoms with E-state index in [4.69, 9.17) is 4.74 Å². The van der Waals surface area contributed by atoms with Gasteiger partial charge < -0.3 is 30.3 Å². The second kappa shape index (κ2) is 17.6. The van der Waals surface area contributed by atoms with Crippen molar-refractivity contribution in [3.8, 4) is 0 Å². The van der Waals surface area contributed by atoms with Gasteiger partial charge in [-0.05, 0) is 64.4 Å². The lowest BCUT2D eigenvalue weighted by Gasteiger charge is -2.43. The van der Waals surface area contributed by atoms with Crippen LogP contribution in [-0.4, -0.2) is 68.1 Å². The summed E-state index contributed by atoms with van der Waals surface area (Å²) >= 11 is 0. The Morgan fingerprint density at radius 3 is 2.17 bits per heavy atom. The van der Waals surface area contributed by atoms with Crippen LogP contribution in [0.1, 0.15) is 107 Å². The maximum Gasteiger partial charge on any atom is 0.308 e. The van der Waals surface area contributed by atoms with Crippen LogP contribution in [0.5, 0.6) is 0 Å². The molecule has 1 aliphatic rings. The number of aliphatic hydroxyl groups excluding tert-OH is 4. The van der Waals surface area contributed by atoms with E-state index in [0.717, 1.165) is 36.8 Å². The van der Waals surface area contributed by atoms with Crippen LogP contribution < -0.4 is 0 Å². The lowest BCUT2D eigenvalue weighted by atomic mass is 9.76. The van der Waals surface area contributed by atoms with Crippen molar-refractivity contribution in [3.63, 3.8) is 0 Å². The van der Waals surface area contributed by atoms with Crippen LogP contribution in [0.25, 0.3) is 0 Å². The fourth-order valence-corrected chi connectivity index (χ4v) is 6.08. The summed E-state index contributed by atoms with van der Waals surface area (Å²) in [4.78, 5) is 11.5. The number of carbonyl (C=O) groups is 1. The molecule has 1 aliphatic heterocycles. The van der Waals surface area contributed by atoms with Crippen LogP contribution in [0.2, 0.25) is 0 Å². The number of allylic oxidation sites excluding steroid dienone is 2. The molecule has 1 fully saturated rings. The van der Waals surface area contributed by atoms with Crippen LogP contribution in [0.3, 0.4) is 0 Å². The first kappa shape index (κ1) is 36.8. The number of hydrogen-bond acceptors (Lipinski definition) is 6. The summed E-state index contributed by atoms with van der Waals surface area (Å²) in [5, 5.41) is 53.2. The van der Waals surface area contributed by atoms with Crippen LogP contribution in [0.4, 0.5) is 0 Å². The second-order valence-electron chi connectivity index (χ2n) is 12.9. The van der Waals surface area contributed by atoms with E-state index in [1.807, 2.05) is 34.6 Å². The molecule has 7 nitrogen and oxygen atoms in total. The Bertz CT molecular complexity index is 809. The molecule has 5 N–H and O–H groups in total. The molecule has 1 saturated heterocycles. The molecule has 0 spiro atoms. The highest BCUT2D eigenvalue weighted by Gasteiger charge is 2.41. The van der Waals surface area contributed by atoms with E-state index >= 15 is 0 Å². The first-order valence-corrected chi connectivity index (χ1v) is 15.6. The van der Waals surface area contributed by atoms with Crippen molar-refractivity contribution < 1.29 is 35.1 Å². The molecule has 7 heteroatoms. The number of aliphatic hydroxyl groups is 4. The normalized spacial score (nSPS) is 27.7. The van der Waals surface area contributed by atoms with E-state index in [1.54, 1.807) is 13.8 Å². The predicted molar refractivity (Wildman–Crippen MR) is 161 cm³/mol. The molecular formula is C33H60O7. The van der Waals surface area contributed by atoms with Gasteiger partial charge in [0.2, 0.25) is 0 Å². The van der Waals surface area contributed by atoms with Gasteiger partial charge in [0, 0.05) is 23.7 Å². The Morgan fingerprint density at radius 1 is 0.975 bits per heavy atom. The first-order valence-electron chi connectivity index (χ1n) is 15.6. The van der Waals surface area contributed by atoms with E-state index in [9.17, 15) is 30.3 Å². The molecule has 0 aromatic carbocycles. The van der Waals surface area contributed by atoms with Gasteiger partial charge in [0.25, 0.3) is 0 Å². The fourth-order valence-electron chi connectivity index (χ4n) is 6.08. The highest BCUT2D eigenvalue weighted by molar-refractivity contribution is 5.70. The third-order valence-corrected chi connectivity index (χ3v) is 9.40. The van der Waals surface area contributed by atoms with Gasteiger partial charge in [-0.3, -0.25) is 4.79 Å².